The summed E-state index contributed by atoms with van der Waals surface area (Å²) in [6.45, 7) is 0.667. The Bertz CT molecular complexity index is 1160. The minimum Gasteiger partial charge on any atom is -0.370 e. The van der Waals surface area contributed by atoms with Crippen LogP contribution in [0.15, 0.2) is 30.3 Å². The summed E-state index contributed by atoms with van der Waals surface area (Å²) in [6.07, 6.45) is 6.32. The number of carbonyl (C=O) groups excluding carboxylic acids is 3. The molecule has 1 aromatic heterocycles. The third-order valence-corrected chi connectivity index (χ3v) is 8.63. The molecule has 2 heterocycles. The van der Waals surface area contributed by atoms with Gasteiger partial charge in [0.15, 0.2) is 0 Å². The Morgan fingerprint density at radius 2 is 1.89 bits per heavy atom. The fourth-order valence-electron chi connectivity index (χ4n) is 5.02. The Hall–Kier alpha value is -2.53. The fraction of sp³-hybridized carbons (Fsp3) is 0.500. The molecule has 37 heavy (non-hydrogen) atoms. The second-order valence-corrected chi connectivity index (χ2v) is 11.4. The van der Waals surface area contributed by atoms with Crippen molar-refractivity contribution in [3.05, 3.63) is 45.4 Å². The van der Waals surface area contributed by atoms with Crippen molar-refractivity contribution in [3.63, 3.8) is 0 Å². The number of ether oxygens (including phenoxy) is 1. The first-order valence-corrected chi connectivity index (χ1v) is 13.9. The zero-order valence-electron chi connectivity index (χ0n) is 20.4. The number of hydrogen-bond donors (Lipinski definition) is 2. The summed E-state index contributed by atoms with van der Waals surface area (Å²) in [5.74, 6) is -1.47. The second-order valence-electron chi connectivity index (χ2n) is 9.70. The summed E-state index contributed by atoms with van der Waals surface area (Å²) in [6, 6.07) is 7.65. The average molecular weight is 549 g/mol. The number of carbonyl (C=O) groups is 3. The Morgan fingerprint density at radius 3 is 2.46 bits per heavy atom. The molecule has 2 N–H and O–H groups in total. The number of thiophene rings is 1. The minimum absolute atomic E-state index is 0.0822. The van der Waals surface area contributed by atoms with Gasteiger partial charge in [-0.3, -0.25) is 19.3 Å². The number of benzene rings is 1. The Morgan fingerprint density at radius 1 is 1.16 bits per heavy atom. The van der Waals surface area contributed by atoms with E-state index in [1.54, 1.807) is 18.2 Å². The van der Waals surface area contributed by atoms with Crippen LogP contribution in [0, 0.1) is 5.82 Å². The van der Waals surface area contributed by atoms with E-state index in [0.717, 1.165) is 38.5 Å². The van der Waals surface area contributed by atoms with Crippen molar-refractivity contribution >= 4 is 52.0 Å². The molecule has 5 rings (SSSR count). The topological polar surface area (TPSA) is 91.0 Å². The van der Waals surface area contributed by atoms with E-state index in [4.69, 9.17) is 16.3 Å². The summed E-state index contributed by atoms with van der Waals surface area (Å²) in [5, 5.41) is 5.77. The molecule has 0 bridgehead atoms. The Labute approximate surface area is 224 Å². The first-order valence-electron chi connectivity index (χ1n) is 12.7. The van der Waals surface area contributed by atoms with Crippen LogP contribution in [-0.4, -0.2) is 67.1 Å². The van der Waals surface area contributed by atoms with Gasteiger partial charge in [0.25, 0.3) is 11.8 Å². The molecule has 1 aromatic carbocycles. The van der Waals surface area contributed by atoms with Crippen LogP contribution >= 0.6 is 22.9 Å². The third kappa shape index (κ3) is 5.82. The summed E-state index contributed by atoms with van der Waals surface area (Å²) in [5.41, 5.74) is 0.464. The lowest BCUT2D eigenvalue weighted by Gasteiger charge is -2.49. The maximum atomic E-state index is 15.0. The lowest BCUT2D eigenvalue weighted by molar-refractivity contribution is -0.126. The molecule has 1 aliphatic heterocycles. The van der Waals surface area contributed by atoms with E-state index in [1.807, 2.05) is 0 Å². The molecule has 1 saturated heterocycles. The van der Waals surface area contributed by atoms with Gasteiger partial charge in [0.2, 0.25) is 5.91 Å². The monoisotopic (exact) mass is 548 g/mol. The first kappa shape index (κ1) is 26.1. The van der Waals surface area contributed by atoms with Crippen molar-refractivity contribution in [1.29, 1.82) is 0 Å². The predicted octanol–water partition coefficient (Wildman–Crippen LogP) is 4.05. The van der Waals surface area contributed by atoms with Crippen LogP contribution in [0.3, 0.4) is 0 Å². The largest absolute Gasteiger partial charge is 0.370 e. The van der Waals surface area contributed by atoms with Gasteiger partial charge >= 0.3 is 0 Å². The van der Waals surface area contributed by atoms with Crippen LogP contribution in [0.2, 0.25) is 4.34 Å². The molecule has 11 heteroatoms. The standard InChI is InChI=1S/C26H30ClFN4O4S/c27-23-10-9-22(37-23)26(35)29-14-21(32(17-3-1-4-17)18-5-2-6-18)25(34)30-16-7-8-20(19(28)13-16)31-11-12-36-15-24(31)33/h7-10,13,17-18,21H,1-6,11-12,14-15H2,(H,29,35)(H,30,34)/t21-/m0/s1. The van der Waals surface area contributed by atoms with Crippen LogP contribution < -0.4 is 15.5 Å². The molecule has 198 valence electrons. The number of nitrogens with zero attached hydrogens (tertiary/aromatic N) is 2. The van der Waals surface area contributed by atoms with Crippen molar-refractivity contribution in [1.82, 2.24) is 10.2 Å². The molecule has 8 nitrogen and oxygen atoms in total. The quantitative estimate of drug-likeness (QED) is 0.493. The van der Waals surface area contributed by atoms with Gasteiger partial charge in [-0.2, -0.15) is 0 Å². The highest BCUT2D eigenvalue weighted by Crippen LogP contribution is 2.36. The zero-order chi connectivity index (χ0) is 25.9. The molecule has 3 aliphatic rings. The molecule has 0 spiro atoms. The van der Waals surface area contributed by atoms with Gasteiger partial charge in [-0.05, 0) is 56.0 Å². The maximum absolute atomic E-state index is 15.0. The highest BCUT2D eigenvalue weighted by Gasteiger charge is 2.41. The molecule has 3 amide bonds. The summed E-state index contributed by atoms with van der Waals surface area (Å²) < 4.78 is 20.6. The van der Waals surface area contributed by atoms with Gasteiger partial charge in [-0.1, -0.05) is 24.4 Å². The normalized spacial score (nSPS) is 19.3. The van der Waals surface area contributed by atoms with Crippen molar-refractivity contribution in [2.45, 2.75) is 56.7 Å². The van der Waals surface area contributed by atoms with Crippen molar-refractivity contribution in [3.8, 4) is 0 Å². The molecular formula is C26H30ClFN4O4S. The van der Waals surface area contributed by atoms with Crippen LogP contribution in [0.4, 0.5) is 15.8 Å². The van der Waals surface area contributed by atoms with Crippen LogP contribution in [0.5, 0.6) is 0 Å². The average Bonchev–Trinajstić information content (AvgIpc) is 3.24. The van der Waals surface area contributed by atoms with Gasteiger partial charge in [-0.25, -0.2) is 4.39 Å². The molecule has 3 fully saturated rings. The van der Waals surface area contributed by atoms with E-state index >= 15 is 0 Å². The third-order valence-electron chi connectivity index (χ3n) is 7.40. The van der Waals surface area contributed by atoms with E-state index in [2.05, 4.69) is 15.5 Å². The van der Waals surface area contributed by atoms with E-state index < -0.39 is 11.9 Å². The fourth-order valence-corrected chi connectivity index (χ4v) is 5.98. The van der Waals surface area contributed by atoms with E-state index in [-0.39, 0.29) is 43.1 Å². The smallest absolute Gasteiger partial charge is 0.261 e. The Balaban J connectivity index is 1.33. The lowest BCUT2D eigenvalue weighted by atomic mass is 9.83. The number of hydrogen-bond acceptors (Lipinski definition) is 6. The van der Waals surface area contributed by atoms with Gasteiger partial charge in [-0.15, -0.1) is 11.3 Å². The number of morpholine rings is 1. The zero-order valence-corrected chi connectivity index (χ0v) is 22.0. The maximum Gasteiger partial charge on any atom is 0.261 e. The molecule has 2 aromatic rings. The number of anilines is 2. The summed E-state index contributed by atoms with van der Waals surface area (Å²) in [7, 11) is 0. The molecule has 2 saturated carbocycles. The highest BCUT2D eigenvalue weighted by atomic mass is 35.5. The highest BCUT2D eigenvalue weighted by molar-refractivity contribution is 7.18. The summed E-state index contributed by atoms with van der Waals surface area (Å²) in [4.78, 5) is 42.6. The van der Waals surface area contributed by atoms with Crippen LogP contribution in [0.1, 0.15) is 48.2 Å². The Kier molecular flexibility index (Phi) is 8.09. The van der Waals surface area contributed by atoms with Gasteiger partial charge in [0.05, 0.1) is 21.5 Å². The number of halogens is 2. The number of nitrogens with one attached hydrogen (secondary N) is 2. The molecule has 2 aliphatic carbocycles. The molecular weight excluding hydrogens is 519 g/mol. The summed E-state index contributed by atoms with van der Waals surface area (Å²) >= 11 is 7.17. The van der Waals surface area contributed by atoms with E-state index in [1.165, 1.54) is 28.4 Å². The molecule has 0 unspecified atom stereocenters. The van der Waals surface area contributed by atoms with Crippen molar-refractivity contribution in [2.24, 2.45) is 0 Å². The first-order chi connectivity index (χ1) is 17.9. The molecule has 1 atom stereocenters. The van der Waals surface area contributed by atoms with Crippen LogP contribution in [-0.2, 0) is 14.3 Å². The van der Waals surface area contributed by atoms with Crippen molar-refractivity contribution in [2.75, 3.05) is 36.5 Å². The predicted molar refractivity (Wildman–Crippen MR) is 141 cm³/mol. The van der Waals surface area contributed by atoms with Gasteiger partial charge in [0, 0.05) is 30.9 Å². The van der Waals surface area contributed by atoms with Gasteiger partial charge in [0.1, 0.15) is 18.5 Å². The van der Waals surface area contributed by atoms with Gasteiger partial charge < -0.3 is 20.3 Å². The van der Waals surface area contributed by atoms with Crippen LogP contribution in [0.25, 0.3) is 0 Å². The van der Waals surface area contributed by atoms with Crippen molar-refractivity contribution < 1.29 is 23.5 Å². The van der Waals surface area contributed by atoms with E-state index in [0.29, 0.717) is 33.6 Å². The second kappa shape index (κ2) is 11.5. The van der Waals surface area contributed by atoms with E-state index in [9.17, 15) is 18.8 Å². The SMILES string of the molecule is O=C(NC[C@@H](C(=O)Nc1ccc(N2CCOCC2=O)c(F)c1)N(C1CCC1)C1CCC1)c1ccc(Cl)s1. The molecule has 0 radical (unpaired) electrons. The minimum atomic E-state index is -0.599. The number of amides is 3. The lowest BCUT2D eigenvalue weighted by Crippen LogP contribution is -2.61. The number of rotatable bonds is 9.